The van der Waals surface area contributed by atoms with Gasteiger partial charge >= 0.3 is 0 Å². The third kappa shape index (κ3) is 3.52. The molecule has 4 nitrogen and oxygen atoms in total. The number of morpholine rings is 1. The molecule has 1 aromatic carbocycles. The van der Waals surface area contributed by atoms with Crippen molar-refractivity contribution in [3.63, 3.8) is 0 Å². The second-order valence-corrected chi connectivity index (χ2v) is 5.18. The van der Waals surface area contributed by atoms with Crippen molar-refractivity contribution < 1.29 is 9.47 Å². The zero-order valence-electron chi connectivity index (χ0n) is 12.2. The largest absolute Gasteiger partial charge is 0.497 e. The molecule has 21 heavy (non-hydrogen) atoms. The summed E-state index contributed by atoms with van der Waals surface area (Å²) in [6.45, 7) is 2.52. The smallest absolute Gasteiger partial charge is 0.128 e. The van der Waals surface area contributed by atoms with Crippen LogP contribution in [-0.2, 0) is 11.2 Å². The van der Waals surface area contributed by atoms with Gasteiger partial charge < -0.3 is 14.4 Å². The van der Waals surface area contributed by atoms with Crippen molar-refractivity contribution in [1.29, 1.82) is 0 Å². The summed E-state index contributed by atoms with van der Waals surface area (Å²) >= 11 is 0. The highest BCUT2D eigenvalue weighted by Gasteiger charge is 2.21. The summed E-state index contributed by atoms with van der Waals surface area (Å²) in [5.41, 5.74) is 1.27. The maximum atomic E-state index is 5.89. The van der Waals surface area contributed by atoms with E-state index in [4.69, 9.17) is 9.47 Å². The van der Waals surface area contributed by atoms with Crippen molar-refractivity contribution in [2.45, 2.75) is 12.5 Å². The van der Waals surface area contributed by atoms with Crippen molar-refractivity contribution in [3.05, 3.63) is 54.2 Å². The molecule has 1 aromatic heterocycles. The monoisotopic (exact) mass is 284 g/mol. The van der Waals surface area contributed by atoms with E-state index in [1.54, 1.807) is 7.11 Å². The molecule has 110 valence electrons. The molecule has 4 heteroatoms. The number of anilines is 1. The van der Waals surface area contributed by atoms with E-state index in [2.05, 4.69) is 28.1 Å². The minimum atomic E-state index is 0.203. The highest BCUT2D eigenvalue weighted by atomic mass is 16.5. The molecule has 0 saturated carbocycles. The van der Waals surface area contributed by atoms with Gasteiger partial charge in [0.1, 0.15) is 11.6 Å². The van der Waals surface area contributed by atoms with Crippen LogP contribution in [0.5, 0.6) is 5.75 Å². The molecule has 1 fully saturated rings. The molecule has 1 aliphatic heterocycles. The lowest BCUT2D eigenvalue weighted by molar-refractivity contribution is 0.0408. The van der Waals surface area contributed by atoms with Crippen LogP contribution in [0.2, 0.25) is 0 Å². The van der Waals surface area contributed by atoms with E-state index in [-0.39, 0.29) is 6.10 Å². The molecule has 0 spiro atoms. The molecule has 0 N–H and O–H groups in total. The van der Waals surface area contributed by atoms with Crippen molar-refractivity contribution in [3.8, 4) is 5.75 Å². The Morgan fingerprint density at radius 1 is 1.24 bits per heavy atom. The zero-order valence-corrected chi connectivity index (χ0v) is 12.2. The van der Waals surface area contributed by atoms with Gasteiger partial charge in [-0.3, -0.25) is 0 Å². The number of aromatic nitrogens is 1. The summed E-state index contributed by atoms with van der Waals surface area (Å²) in [6.07, 6.45) is 2.95. The second kappa shape index (κ2) is 6.59. The van der Waals surface area contributed by atoms with Crippen molar-refractivity contribution in [1.82, 2.24) is 4.98 Å². The minimum Gasteiger partial charge on any atom is -0.497 e. The average Bonchev–Trinajstić information content (AvgIpc) is 2.57. The van der Waals surface area contributed by atoms with E-state index in [0.29, 0.717) is 0 Å². The Morgan fingerprint density at radius 2 is 2.10 bits per heavy atom. The zero-order chi connectivity index (χ0) is 14.5. The van der Waals surface area contributed by atoms with E-state index < -0.39 is 0 Å². The fourth-order valence-corrected chi connectivity index (χ4v) is 2.62. The molecule has 1 aliphatic rings. The summed E-state index contributed by atoms with van der Waals surface area (Å²) in [4.78, 5) is 6.71. The van der Waals surface area contributed by atoms with E-state index in [9.17, 15) is 0 Å². The Balaban J connectivity index is 1.63. The number of ether oxygens (including phenoxy) is 2. The van der Waals surface area contributed by atoms with Gasteiger partial charge in [0.05, 0.1) is 19.8 Å². The number of nitrogens with zero attached hydrogens (tertiary/aromatic N) is 2. The average molecular weight is 284 g/mol. The van der Waals surface area contributed by atoms with Gasteiger partial charge in [0.2, 0.25) is 0 Å². The van der Waals surface area contributed by atoms with Gasteiger partial charge in [0.25, 0.3) is 0 Å². The van der Waals surface area contributed by atoms with Gasteiger partial charge in [-0.1, -0.05) is 18.2 Å². The number of benzene rings is 1. The summed E-state index contributed by atoms with van der Waals surface area (Å²) in [6, 6.07) is 14.2. The Kier molecular flexibility index (Phi) is 4.36. The summed E-state index contributed by atoms with van der Waals surface area (Å²) < 4.78 is 11.1. The van der Waals surface area contributed by atoms with Crippen LogP contribution < -0.4 is 9.64 Å². The van der Waals surface area contributed by atoms with Gasteiger partial charge in [-0.15, -0.1) is 0 Å². The summed E-state index contributed by atoms with van der Waals surface area (Å²) in [5, 5.41) is 0. The topological polar surface area (TPSA) is 34.6 Å². The number of hydrogen-bond acceptors (Lipinski definition) is 4. The predicted octanol–water partition coefficient (Wildman–Crippen LogP) is 2.54. The molecule has 2 heterocycles. The van der Waals surface area contributed by atoms with Gasteiger partial charge in [0.15, 0.2) is 0 Å². The molecular formula is C17H20N2O2. The molecule has 0 bridgehead atoms. The van der Waals surface area contributed by atoms with Crippen LogP contribution in [-0.4, -0.2) is 37.9 Å². The second-order valence-electron chi connectivity index (χ2n) is 5.18. The minimum absolute atomic E-state index is 0.203. The molecule has 1 saturated heterocycles. The quantitative estimate of drug-likeness (QED) is 0.864. The number of hydrogen-bond donors (Lipinski definition) is 0. The Morgan fingerprint density at radius 3 is 2.81 bits per heavy atom. The van der Waals surface area contributed by atoms with Gasteiger partial charge in [-0.25, -0.2) is 4.98 Å². The van der Waals surface area contributed by atoms with E-state index in [1.165, 1.54) is 5.56 Å². The van der Waals surface area contributed by atoms with E-state index in [1.807, 2.05) is 30.5 Å². The first kappa shape index (κ1) is 13.9. The van der Waals surface area contributed by atoms with Crippen LogP contribution in [0, 0.1) is 0 Å². The molecule has 1 atom stereocenters. The van der Waals surface area contributed by atoms with Crippen LogP contribution in [0.25, 0.3) is 0 Å². The lowest BCUT2D eigenvalue weighted by atomic mass is 10.1. The third-order valence-corrected chi connectivity index (χ3v) is 3.73. The van der Waals surface area contributed by atoms with Gasteiger partial charge in [-0.2, -0.15) is 0 Å². The first-order valence-corrected chi connectivity index (χ1v) is 7.25. The number of methoxy groups -OCH3 is 1. The SMILES string of the molecule is COc1ccc(CC2CN(c3ccccn3)CCO2)cc1. The standard InChI is InChI=1S/C17H20N2O2/c1-20-15-7-5-14(6-8-15)12-16-13-19(10-11-21-16)17-4-2-3-9-18-17/h2-9,16H,10-13H2,1H3. The third-order valence-electron chi connectivity index (χ3n) is 3.73. The van der Waals surface area contributed by atoms with Crippen LogP contribution in [0.4, 0.5) is 5.82 Å². The number of pyridine rings is 1. The molecule has 2 aromatic rings. The molecule has 0 aliphatic carbocycles. The Hall–Kier alpha value is -2.07. The van der Waals surface area contributed by atoms with Crippen LogP contribution in [0.15, 0.2) is 48.7 Å². The van der Waals surface area contributed by atoms with Crippen molar-refractivity contribution >= 4 is 5.82 Å². The van der Waals surface area contributed by atoms with Crippen LogP contribution in [0.1, 0.15) is 5.56 Å². The lowest BCUT2D eigenvalue weighted by Crippen LogP contribution is -2.43. The molecule has 0 radical (unpaired) electrons. The first-order valence-electron chi connectivity index (χ1n) is 7.25. The van der Waals surface area contributed by atoms with Crippen molar-refractivity contribution in [2.24, 2.45) is 0 Å². The maximum Gasteiger partial charge on any atom is 0.128 e. The van der Waals surface area contributed by atoms with Crippen molar-refractivity contribution in [2.75, 3.05) is 31.7 Å². The fraction of sp³-hybridized carbons (Fsp3) is 0.353. The molecule has 0 amide bonds. The summed E-state index contributed by atoms with van der Waals surface area (Å²) in [5.74, 6) is 1.92. The fourth-order valence-electron chi connectivity index (χ4n) is 2.62. The highest BCUT2D eigenvalue weighted by Crippen LogP contribution is 2.18. The lowest BCUT2D eigenvalue weighted by Gasteiger charge is -2.33. The normalized spacial score (nSPS) is 18.5. The van der Waals surface area contributed by atoms with E-state index in [0.717, 1.165) is 37.7 Å². The first-order chi connectivity index (χ1) is 10.3. The van der Waals surface area contributed by atoms with Gasteiger partial charge in [-0.05, 0) is 29.8 Å². The molecular weight excluding hydrogens is 264 g/mol. The molecule has 1 unspecified atom stereocenters. The number of rotatable bonds is 4. The van der Waals surface area contributed by atoms with Gasteiger partial charge in [0, 0.05) is 25.7 Å². The predicted molar refractivity (Wildman–Crippen MR) is 82.9 cm³/mol. The molecule has 3 rings (SSSR count). The Bertz CT molecular complexity index is 557. The summed E-state index contributed by atoms with van der Waals surface area (Å²) in [7, 11) is 1.68. The maximum absolute atomic E-state index is 5.89. The van der Waals surface area contributed by atoms with Crippen LogP contribution >= 0.6 is 0 Å². The highest BCUT2D eigenvalue weighted by molar-refractivity contribution is 5.38. The van der Waals surface area contributed by atoms with E-state index >= 15 is 0 Å². The van der Waals surface area contributed by atoms with Crippen LogP contribution in [0.3, 0.4) is 0 Å². The Labute approximate surface area is 125 Å².